The molecule has 0 N–H and O–H groups in total. The first-order valence-corrected chi connectivity index (χ1v) is 6.50. The molecule has 0 aliphatic carbocycles. The lowest BCUT2D eigenvalue weighted by Crippen LogP contribution is -2.05. The lowest BCUT2D eigenvalue weighted by atomic mass is 10.1. The van der Waals surface area contributed by atoms with E-state index in [9.17, 15) is 13.2 Å². The fourth-order valence-corrected chi connectivity index (χ4v) is 2.06. The van der Waals surface area contributed by atoms with Crippen LogP contribution in [0.1, 0.15) is 25.6 Å². The first-order chi connectivity index (χ1) is 10.3. The van der Waals surface area contributed by atoms with Crippen molar-refractivity contribution in [1.82, 2.24) is 9.55 Å². The Kier molecular flexibility index (Phi) is 4.13. The Labute approximate surface area is 126 Å². The van der Waals surface area contributed by atoms with E-state index in [4.69, 9.17) is 11.3 Å². The summed E-state index contributed by atoms with van der Waals surface area (Å²) in [5.41, 5.74) is -0.189. The number of benzene rings is 1. The van der Waals surface area contributed by atoms with Crippen LogP contribution in [0.2, 0.25) is 0 Å². The van der Waals surface area contributed by atoms with Crippen LogP contribution >= 0.6 is 0 Å². The van der Waals surface area contributed by atoms with Crippen LogP contribution in [0.15, 0.2) is 24.4 Å². The van der Waals surface area contributed by atoms with E-state index in [1.54, 1.807) is 19.9 Å². The minimum atomic E-state index is -4.52. The van der Waals surface area contributed by atoms with Gasteiger partial charge in [0.15, 0.2) is 11.4 Å². The van der Waals surface area contributed by atoms with E-state index in [1.807, 2.05) is 0 Å². The van der Waals surface area contributed by atoms with Crippen molar-refractivity contribution >= 4 is 5.69 Å². The molecule has 1 aromatic heterocycles. The van der Waals surface area contributed by atoms with Gasteiger partial charge in [0.1, 0.15) is 11.6 Å². The summed E-state index contributed by atoms with van der Waals surface area (Å²) in [6.45, 7) is 10.5. The largest absolute Gasteiger partial charge is 0.497 e. The normalized spacial score (nSPS) is 11.5. The highest BCUT2D eigenvalue weighted by Gasteiger charge is 2.35. The van der Waals surface area contributed by atoms with Gasteiger partial charge >= 0.3 is 6.18 Å². The number of imidazole rings is 1. The molecule has 1 aromatic carbocycles. The smallest absolute Gasteiger partial charge is 0.434 e. The molecule has 0 radical (unpaired) electrons. The molecule has 7 heteroatoms. The minimum absolute atomic E-state index is 0.163. The summed E-state index contributed by atoms with van der Waals surface area (Å²) >= 11 is 0. The number of aromatic nitrogens is 2. The quantitative estimate of drug-likeness (QED) is 0.769. The summed E-state index contributed by atoms with van der Waals surface area (Å²) in [4.78, 5) is 7.00. The maximum Gasteiger partial charge on any atom is 0.434 e. The number of halogens is 3. The van der Waals surface area contributed by atoms with Crippen LogP contribution in [0, 0.1) is 6.57 Å². The predicted octanol–water partition coefficient (Wildman–Crippen LogP) is 4.71. The Morgan fingerprint density at radius 1 is 1.32 bits per heavy atom. The molecule has 0 bridgehead atoms. The van der Waals surface area contributed by atoms with Crippen molar-refractivity contribution in [1.29, 1.82) is 0 Å². The fraction of sp³-hybridized carbons (Fsp3) is 0.333. The number of hydrogen-bond donors (Lipinski definition) is 0. The SMILES string of the molecule is [C-]#[N+]c1ccc(-c2nc(C(F)(F)F)cn2C(C)C)c(OC)c1. The zero-order valence-electron chi connectivity index (χ0n) is 12.3. The van der Waals surface area contributed by atoms with E-state index in [2.05, 4.69) is 9.83 Å². The molecule has 0 amide bonds. The third kappa shape index (κ3) is 2.91. The standard InChI is InChI=1S/C15H14F3N3O/c1-9(2)21-8-13(15(16,17)18)20-14(21)11-6-5-10(19-3)7-12(11)22-4/h5-9H,1-2,4H3. The second-order valence-corrected chi connectivity index (χ2v) is 4.94. The number of alkyl halides is 3. The van der Waals surface area contributed by atoms with Gasteiger partial charge in [0, 0.05) is 12.2 Å². The fourth-order valence-electron chi connectivity index (χ4n) is 2.06. The van der Waals surface area contributed by atoms with Crippen LogP contribution in [0.3, 0.4) is 0 Å². The van der Waals surface area contributed by atoms with E-state index < -0.39 is 11.9 Å². The van der Waals surface area contributed by atoms with E-state index in [-0.39, 0.29) is 11.9 Å². The second-order valence-electron chi connectivity index (χ2n) is 4.94. The summed E-state index contributed by atoms with van der Waals surface area (Å²) < 4.78 is 45.4. The molecule has 116 valence electrons. The Hall–Kier alpha value is -2.49. The van der Waals surface area contributed by atoms with E-state index >= 15 is 0 Å². The molecule has 0 saturated heterocycles. The van der Waals surface area contributed by atoms with Gasteiger partial charge in [0.2, 0.25) is 0 Å². The molecule has 1 heterocycles. The number of nitrogens with zero attached hydrogens (tertiary/aromatic N) is 3. The van der Waals surface area contributed by atoms with Crippen molar-refractivity contribution in [2.24, 2.45) is 0 Å². The van der Waals surface area contributed by atoms with Gasteiger partial charge in [0.25, 0.3) is 0 Å². The van der Waals surface area contributed by atoms with Crippen LogP contribution in [-0.4, -0.2) is 16.7 Å². The van der Waals surface area contributed by atoms with Crippen LogP contribution in [0.5, 0.6) is 5.75 Å². The van der Waals surface area contributed by atoms with Gasteiger partial charge in [-0.15, -0.1) is 0 Å². The van der Waals surface area contributed by atoms with Gasteiger partial charge in [-0.25, -0.2) is 9.83 Å². The summed E-state index contributed by atoms with van der Waals surface area (Å²) in [7, 11) is 1.40. The first kappa shape index (κ1) is 15.9. The van der Waals surface area contributed by atoms with Crippen LogP contribution in [0.25, 0.3) is 16.2 Å². The third-order valence-corrected chi connectivity index (χ3v) is 3.13. The molecule has 4 nitrogen and oxygen atoms in total. The Balaban J connectivity index is 2.66. The molecule has 0 aliphatic heterocycles. The van der Waals surface area contributed by atoms with Crippen LogP contribution < -0.4 is 4.74 Å². The average Bonchev–Trinajstić information content (AvgIpc) is 2.91. The molecule has 0 fully saturated rings. The van der Waals surface area contributed by atoms with E-state index in [0.717, 1.165) is 6.20 Å². The molecule has 0 unspecified atom stereocenters. The molecule has 2 rings (SSSR count). The topological polar surface area (TPSA) is 31.4 Å². The number of rotatable bonds is 3. The predicted molar refractivity (Wildman–Crippen MR) is 75.9 cm³/mol. The number of methoxy groups -OCH3 is 1. The van der Waals surface area contributed by atoms with Gasteiger partial charge in [0.05, 0.1) is 19.2 Å². The van der Waals surface area contributed by atoms with Gasteiger partial charge < -0.3 is 9.30 Å². The van der Waals surface area contributed by atoms with Crippen molar-refractivity contribution < 1.29 is 17.9 Å². The van der Waals surface area contributed by atoms with Gasteiger partial charge in [-0.05, 0) is 19.9 Å². The maximum absolute atomic E-state index is 12.9. The summed E-state index contributed by atoms with van der Waals surface area (Å²) in [5.74, 6) is 0.477. The highest BCUT2D eigenvalue weighted by molar-refractivity contribution is 5.69. The molecule has 22 heavy (non-hydrogen) atoms. The Morgan fingerprint density at radius 2 is 2.00 bits per heavy atom. The minimum Gasteiger partial charge on any atom is -0.497 e. The highest BCUT2D eigenvalue weighted by atomic mass is 19.4. The van der Waals surface area contributed by atoms with Gasteiger partial charge in [-0.1, -0.05) is 12.1 Å². The van der Waals surface area contributed by atoms with Gasteiger partial charge in [-0.3, -0.25) is 0 Å². The Bertz CT molecular complexity index is 727. The van der Waals surface area contributed by atoms with Crippen molar-refractivity contribution in [3.63, 3.8) is 0 Å². The molecule has 0 saturated carbocycles. The van der Waals surface area contributed by atoms with Crippen LogP contribution in [-0.2, 0) is 6.18 Å². The summed E-state index contributed by atoms with van der Waals surface area (Å²) in [6, 6.07) is 4.35. The van der Waals surface area contributed by atoms with Crippen molar-refractivity contribution in [2.45, 2.75) is 26.1 Å². The van der Waals surface area contributed by atoms with Crippen LogP contribution in [0.4, 0.5) is 18.9 Å². The number of ether oxygens (including phenoxy) is 1. The first-order valence-electron chi connectivity index (χ1n) is 6.50. The van der Waals surface area contributed by atoms with E-state index in [1.165, 1.54) is 23.8 Å². The molecular weight excluding hydrogens is 295 g/mol. The third-order valence-electron chi connectivity index (χ3n) is 3.13. The monoisotopic (exact) mass is 309 g/mol. The molecule has 0 aliphatic rings. The average molecular weight is 309 g/mol. The lowest BCUT2D eigenvalue weighted by molar-refractivity contribution is -0.140. The van der Waals surface area contributed by atoms with Crippen molar-refractivity contribution in [3.8, 4) is 17.1 Å². The summed E-state index contributed by atoms with van der Waals surface area (Å²) in [5, 5.41) is 0. The maximum atomic E-state index is 12.9. The molecule has 2 aromatic rings. The molecule has 0 atom stereocenters. The van der Waals surface area contributed by atoms with E-state index in [0.29, 0.717) is 17.0 Å². The Morgan fingerprint density at radius 3 is 2.50 bits per heavy atom. The van der Waals surface area contributed by atoms with Crippen molar-refractivity contribution in [2.75, 3.05) is 7.11 Å². The van der Waals surface area contributed by atoms with Crippen molar-refractivity contribution in [3.05, 3.63) is 41.5 Å². The lowest BCUT2D eigenvalue weighted by Gasteiger charge is -2.14. The second kappa shape index (κ2) is 5.72. The van der Waals surface area contributed by atoms with Gasteiger partial charge in [-0.2, -0.15) is 13.2 Å². The zero-order valence-corrected chi connectivity index (χ0v) is 12.3. The molecular formula is C15H14F3N3O. The summed E-state index contributed by atoms with van der Waals surface area (Å²) in [6.07, 6.45) is -3.53. The zero-order chi connectivity index (χ0) is 16.5. The highest BCUT2D eigenvalue weighted by Crippen LogP contribution is 2.37. The number of hydrogen-bond acceptors (Lipinski definition) is 2. The molecule has 0 spiro atoms.